The number of hydrogen-bond donors (Lipinski definition) is 4. The lowest BCUT2D eigenvalue weighted by atomic mass is 10.0. The lowest BCUT2D eigenvalue weighted by molar-refractivity contribution is -0.127. The van der Waals surface area contributed by atoms with Crippen LogP contribution in [0.3, 0.4) is 0 Å². The van der Waals surface area contributed by atoms with Crippen molar-refractivity contribution < 1.29 is 29.6 Å². The van der Waals surface area contributed by atoms with Gasteiger partial charge in [0, 0.05) is 36.7 Å². The van der Waals surface area contributed by atoms with E-state index in [-0.39, 0.29) is 29.7 Å². The molecule has 1 aromatic rings. The van der Waals surface area contributed by atoms with Gasteiger partial charge in [0.1, 0.15) is 23.5 Å². The third kappa shape index (κ3) is 5.33. The third-order valence-corrected chi connectivity index (χ3v) is 3.95. The maximum atomic E-state index is 12.5. The quantitative estimate of drug-likeness (QED) is 0.457. The summed E-state index contributed by atoms with van der Waals surface area (Å²) in [6, 6.07) is 3.01. The molecule has 0 radical (unpaired) electrons. The van der Waals surface area contributed by atoms with E-state index in [1.54, 1.807) is 13.0 Å². The highest BCUT2D eigenvalue weighted by Gasteiger charge is 2.23. The van der Waals surface area contributed by atoms with Crippen molar-refractivity contribution in [3.63, 3.8) is 0 Å². The molecule has 144 valence electrons. The molecule has 1 aromatic carbocycles. The molecule has 7 nitrogen and oxygen atoms in total. The number of carbonyl (C=O) groups excluding carboxylic acids is 2. The maximum absolute atomic E-state index is 12.5. The Hall–Kier alpha value is -2.82. The van der Waals surface area contributed by atoms with Gasteiger partial charge in [0.15, 0.2) is 5.78 Å². The van der Waals surface area contributed by atoms with Crippen molar-refractivity contribution in [3.05, 3.63) is 35.4 Å². The first kappa shape index (κ1) is 20.5. The van der Waals surface area contributed by atoms with E-state index in [0.29, 0.717) is 12.2 Å². The Balaban J connectivity index is 2.48. The molecule has 3 atom stereocenters. The number of aromatic hydroxyl groups is 1. The lowest BCUT2D eigenvalue weighted by Crippen LogP contribution is -2.32. The summed E-state index contributed by atoms with van der Waals surface area (Å²) in [6.07, 6.45) is -0.864. The molecule has 0 saturated heterocycles. The summed E-state index contributed by atoms with van der Waals surface area (Å²) in [6.45, 7) is 4.12. The minimum atomic E-state index is -1.59. The number of aliphatic hydroxyl groups is 2. The van der Waals surface area contributed by atoms with Crippen LogP contribution in [0.25, 0.3) is 0 Å². The van der Waals surface area contributed by atoms with Crippen molar-refractivity contribution in [2.75, 3.05) is 11.9 Å². The van der Waals surface area contributed by atoms with E-state index < -0.39 is 30.1 Å². The molecule has 0 amide bonds. The highest BCUT2D eigenvalue weighted by Crippen LogP contribution is 2.27. The van der Waals surface area contributed by atoms with Crippen LogP contribution in [0.5, 0.6) is 5.75 Å². The predicted molar refractivity (Wildman–Crippen MR) is 99.4 cm³/mol. The van der Waals surface area contributed by atoms with E-state index in [1.807, 2.05) is 6.92 Å². The van der Waals surface area contributed by atoms with Crippen LogP contribution in [0, 0.1) is 11.8 Å². The minimum Gasteiger partial charge on any atom is -0.507 e. The third-order valence-electron chi connectivity index (χ3n) is 3.95. The van der Waals surface area contributed by atoms with Crippen LogP contribution in [-0.2, 0) is 9.53 Å². The highest BCUT2D eigenvalue weighted by molar-refractivity contribution is 5.96. The normalized spacial score (nSPS) is 24.7. The SMILES string of the molecule is CCNc1cc(O)c2c(c1)C#CCC(O)[C@H](O)C(=O)/C=C\CC(C)OC2=O. The van der Waals surface area contributed by atoms with E-state index in [0.717, 1.165) is 6.08 Å². The fourth-order valence-corrected chi connectivity index (χ4v) is 2.56. The van der Waals surface area contributed by atoms with Gasteiger partial charge in [0.25, 0.3) is 0 Å². The van der Waals surface area contributed by atoms with Gasteiger partial charge in [-0.3, -0.25) is 4.79 Å². The number of anilines is 1. The summed E-state index contributed by atoms with van der Waals surface area (Å²) in [5, 5.41) is 33.1. The topological polar surface area (TPSA) is 116 Å². The second-order valence-electron chi connectivity index (χ2n) is 6.22. The monoisotopic (exact) mass is 373 g/mol. The largest absolute Gasteiger partial charge is 0.507 e. The second kappa shape index (κ2) is 9.21. The number of ether oxygens (including phenoxy) is 1. The fourth-order valence-electron chi connectivity index (χ4n) is 2.56. The number of ketones is 1. The Kier molecular flexibility index (Phi) is 6.99. The number of benzene rings is 1. The first-order valence-electron chi connectivity index (χ1n) is 8.70. The molecule has 1 aliphatic heterocycles. The van der Waals surface area contributed by atoms with E-state index >= 15 is 0 Å². The van der Waals surface area contributed by atoms with Crippen molar-refractivity contribution in [1.29, 1.82) is 0 Å². The van der Waals surface area contributed by atoms with Crippen LogP contribution >= 0.6 is 0 Å². The van der Waals surface area contributed by atoms with Crippen molar-refractivity contribution in [3.8, 4) is 17.6 Å². The number of hydrogen-bond acceptors (Lipinski definition) is 7. The number of phenols is 1. The molecule has 0 aromatic heterocycles. The molecule has 2 rings (SSSR count). The van der Waals surface area contributed by atoms with Crippen LogP contribution in [0.15, 0.2) is 24.3 Å². The average Bonchev–Trinajstić information content (AvgIpc) is 2.59. The standard InChI is InChI=1S/C20H23NO6/c1-3-21-14-10-13-7-5-9-16(23)19(25)15(22)8-4-6-12(2)27-20(26)18(13)17(24)11-14/h4,8,10-12,16,19,21,23-25H,3,6,9H2,1-2H3/b8-4-/t12?,16?,19-/m1/s1. The number of phenolic OH excluding ortho intramolecular Hbond substituents is 1. The van der Waals surface area contributed by atoms with Crippen molar-refractivity contribution in [2.45, 2.75) is 45.0 Å². The lowest BCUT2D eigenvalue weighted by Gasteiger charge is -2.16. The minimum absolute atomic E-state index is 0.0665. The van der Waals surface area contributed by atoms with E-state index in [9.17, 15) is 24.9 Å². The molecule has 27 heavy (non-hydrogen) atoms. The van der Waals surface area contributed by atoms with Gasteiger partial charge in [0.2, 0.25) is 0 Å². The Labute approximate surface area is 157 Å². The molecule has 4 N–H and O–H groups in total. The first-order chi connectivity index (χ1) is 12.8. The van der Waals surface area contributed by atoms with Crippen LogP contribution in [-0.4, -0.2) is 51.9 Å². The van der Waals surface area contributed by atoms with Crippen LogP contribution < -0.4 is 5.32 Å². The van der Waals surface area contributed by atoms with Gasteiger partial charge in [-0.2, -0.15) is 0 Å². The Morgan fingerprint density at radius 2 is 2.04 bits per heavy atom. The summed E-state index contributed by atoms with van der Waals surface area (Å²) in [4.78, 5) is 24.3. The summed E-state index contributed by atoms with van der Waals surface area (Å²) in [7, 11) is 0. The van der Waals surface area contributed by atoms with Gasteiger partial charge in [-0.25, -0.2) is 4.79 Å². The van der Waals surface area contributed by atoms with Gasteiger partial charge >= 0.3 is 5.97 Å². The van der Waals surface area contributed by atoms with E-state index in [4.69, 9.17) is 4.74 Å². The number of fused-ring (bicyclic) bond motifs is 1. The molecular weight excluding hydrogens is 350 g/mol. The number of cyclic esters (lactones) is 1. The zero-order chi connectivity index (χ0) is 20.0. The average molecular weight is 373 g/mol. The molecular formula is C20H23NO6. The van der Waals surface area contributed by atoms with E-state index in [2.05, 4.69) is 17.2 Å². The van der Waals surface area contributed by atoms with Crippen LogP contribution in [0.1, 0.15) is 42.6 Å². The molecule has 0 spiro atoms. The summed E-state index contributed by atoms with van der Waals surface area (Å²) < 4.78 is 5.32. The molecule has 0 saturated carbocycles. The predicted octanol–water partition coefficient (Wildman–Crippen LogP) is 1.36. The number of carbonyl (C=O) groups is 2. The first-order valence-corrected chi connectivity index (χ1v) is 8.70. The summed E-state index contributed by atoms with van der Waals surface area (Å²) in [5.41, 5.74) is 0.732. The smallest absolute Gasteiger partial charge is 0.343 e. The number of nitrogens with one attached hydrogen (secondary N) is 1. The van der Waals surface area contributed by atoms with Crippen molar-refractivity contribution in [2.24, 2.45) is 0 Å². The van der Waals surface area contributed by atoms with Gasteiger partial charge in [0.05, 0.1) is 6.10 Å². The Bertz CT molecular complexity index is 805. The molecule has 0 aliphatic carbocycles. The number of aliphatic hydroxyl groups excluding tert-OH is 2. The zero-order valence-corrected chi connectivity index (χ0v) is 15.2. The van der Waals surface area contributed by atoms with Crippen molar-refractivity contribution >= 4 is 17.4 Å². The van der Waals surface area contributed by atoms with Gasteiger partial charge in [-0.15, -0.1) is 0 Å². The number of rotatable bonds is 2. The number of esters is 1. The van der Waals surface area contributed by atoms with Gasteiger partial charge < -0.3 is 25.4 Å². The second-order valence-corrected chi connectivity index (χ2v) is 6.22. The molecule has 0 bridgehead atoms. The summed E-state index contributed by atoms with van der Waals surface area (Å²) >= 11 is 0. The molecule has 1 heterocycles. The molecule has 1 aliphatic rings. The van der Waals surface area contributed by atoms with Crippen molar-refractivity contribution in [1.82, 2.24) is 0 Å². The van der Waals surface area contributed by atoms with Crippen LogP contribution in [0.2, 0.25) is 0 Å². The zero-order valence-electron chi connectivity index (χ0n) is 15.2. The molecule has 0 fully saturated rings. The van der Waals surface area contributed by atoms with Gasteiger partial charge in [-0.05, 0) is 26.0 Å². The Morgan fingerprint density at radius 1 is 1.30 bits per heavy atom. The molecule has 2 unspecified atom stereocenters. The molecule has 7 heteroatoms. The Morgan fingerprint density at radius 3 is 2.74 bits per heavy atom. The maximum Gasteiger partial charge on any atom is 0.343 e. The van der Waals surface area contributed by atoms with Crippen LogP contribution in [0.4, 0.5) is 5.69 Å². The van der Waals surface area contributed by atoms with Gasteiger partial charge in [-0.1, -0.05) is 17.9 Å². The summed E-state index contributed by atoms with van der Waals surface area (Å²) in [5.74, 6) is 3.71. The van der Waals surface area contributed by atoms with E-state index in [1.165, 1.54) is 12.1 Å². The fraction of sp³-hybridized carbons (Fsp3) is 0.400. The highest BCUT2D eigenvalue weighted by atomic mass is 16.5.